The summed E-state index contributed by atoms with van der Waals surface area (Å²) in [6.45, 7) is 5.50. The van der Waals surface area contributed by atoms with Crippen molar-refractivity contribution < 1.29 is 19.3 Å². The summed E-state index contributed by atoms with van der Waals surface area (Å²) in [7, 11) is 3.53. The van der Waals surface area contributed by atoms with Crippen LogP contribution < -0.4 is 9.47 Å². The van der Waals surface area contributed by atoms with Crippen LogP contribution in [0.4, 0.5) is 0 Å². The minimum Gasteiger partial charge on any atom is -0.497 e. The van der Waals surface area contributed by atoms with Gasteiger partial charge in [0.1, 0.15) is 17.2 Å². The Morgan fingerprint density at radius 2 is 1.94 bits per heavy atom. The molecule has 1 N–H and O–H groups in total. The van der Waals surface area contributed by atoms with E-state index in [1.807, 2.05) is 49.5 Å². The Morgan fingerprint density at radius 1 is 1.18 bits per heavy atom. The van der Waals surface area contributed by atoms with E-state index in [1.165, 1.54) is 0 Å². The van der Waals surface area contributed by atoms with Gasteiger partial charge < -0.3 is 19.3 Å². The molecule has 0 spiro atoms. The van der Waals surface area contributed by atoms with Gasteiger partial charge in [0.2, 0.25) is 5.88 Å². The molecule has 1 aliphatic rings. The molecule has 0 unspecified atom stereocenters. The molecule has 1 atom stereocenters. The molecule has 1 aliphatic carbocycles. The second kappa shape index (κ2) is 11.3. The van der Waals surface area contributed by atoms with Crippen molar-refractivity contribution >= 4 is 0 Å². The second-order valence-electron chi connectivity index (χ2n) is 8.54. The molecule has 34 heavy (non-hydrogen) atoms. The highest BCUT2D eigenvalue weighted by Gasteiger charge is 2.33. The van der Waals surface area contributed by atoms with Gasteiger partial charge in [-0.25, -0.2) is 4.68 Å². The monoisotopic (exact) mass is 463 g/mol. The number of ether oxygens (including phenoxy) is 3. The fourth-order valence-electron chi connectivity index (χ4n) is 4.02. The van der Waals surface area contributed by atoms with Gasteiger partial charge in [-0.1, -0.05) is 42.5 Å². The zero-order chi connectivity index (χ0) is 23.9. The number of aromatic nitrogens is 2. The lowest BCUT2D eigenvalue weighted by molar-refractivity contribution is 0.0227. The van der Waals surface area contributed by atoms with Gasteiger partial charge >= 0.3 is 0 Å². The fourth-order valence-corrected chi connectivity index (χ4v) is 4.02. The van der Waals surface area contributed by atoms with E-state index in [9.17, 15) is 5.11 Å². The van der Waals surface area contributed by atoms with Gasteiger partial charge in [0, 0.05) is 37.8 Å². The van der Waals surface area contributed by atoms with Crippen LogP contribution in [-0.2, 0) is 18.3 Å². The average molecular weight is 464 g/mol. The summed E-state index contributed by atoms with van der Waals surface area (Å²) in [5.41, 5.74) is 2.89. The molecule has 1 aromatic heterocycles. The van der Waals surface area contributed by atoms with Crippen molar-refractivity contribution in [3.8, 4) is 28.6 Å². The third kappa shape index (κ3) is 6.05. The molecule has 3 aromatic rings. The minimum atomic E-state index is -0.583. The number of methoxy groups -OCH3 is 1. The van der Waals surface area contributed by atoms with Gasteiger partial charge in [0.05, 0.1) is 32.0 Å². The fraction of sp³-hybridized carbons (Fsp3) is 0.370. The molecule has 7 nitrogen and oxygen atoms in total. The molecular weight excluding hydrogens is 430 g/mol. The highest BCUT2D eigenvalue weighted by atomic mass is 16.5. The largest absolute Gasteiger partial charge is 0.497 e. The van der Waals surface area contributed by atoms with Gasteiger partial charge in [0.25, 0.3) is 0 Å². The van der Waals surface area contributed by atoms with Crippen molar-refractivity contribution in [3.63, 3.8) is 0 Å². The predicted molar refractivity (Wildman–Crippen MR) is 132 cm³/mol. The molecule has 1 fully saturated rings. The molecule has 0 radical (unpaired) electrons. The van der Waals surface area contributed by atoms with Crippen LogP contribution in [0.15, 0.2) is 67.3 Å². The molecule has 4 rings (SSSR count). The van der Waals surface area contributed by atoms with Crippen molar-refractivity contribution in [1.29, 1.82) is 0 Å². The van der Waals surface area contributed by atoms with Gasteiger partial charge in [-0.3, -0.25) is 4.90 Å². The van der Waals surface area contributed by atoms with Crippen molar-refractivity contribution in [2.24, 2.45) is 7.05 Å². The maximum Gasteiger partial charge on any atom is 0.222 e. The smallest absolute Gasteiger partial charge is 0.222 e. The number of hydrogen-bond acceptors (Lipinski definition) is 6. The summed E-state index contributed by atoms with van der Waals surface area (Å²) < 4.78 is 19.0. The van der Waals surface area contributed by atoms with E-state index < -0.39 is 6.10 Å². The quantitative estimate of drug-likeness (QED) is 0.299. The van der Waals surface area contributed by atoms with Crippen molar-refractivity contribution in [2.45, 2.75) is 31.5 Å². The number of aliphatic hydroxyl groups excluding tert-OH is 1. The van der Waals surface area contributed by atoms with E-state index >= 15 is 0 Å². The summed E-state index contributed by atoms with van der Waals surface area (Å²) in [5.74, 6) is 2.08. The Labute approximate surface area is 201 Å². The maximum absolute atomic E-state index is 10.6. The van der Waals surface area contributed by atoms with Crippen LogP contribution in [0.25, 0.3) is 11.3 Å². The third-order valence-corrected chi connectivity index (χ3v) is 5.81. The zero-order valence-corrected chi connectivity index (χ0v) is 19.9. The lowest BCUT2D eigenvalue weighted by Crippen LogP contribution is -2.36. The van der Waals surface area contributed by atoms with Gasteiger partial charge in [0.15, 0.2) is 0 Å². The van der Waals surface area contributed by atoms with Crippen LogP contribution in [0, 0.1) is 0 Å². The Bertz CT molecular complexity index is 1080. The Balaban J connectivity index is 1.64. The summed E-state index contributed by atoms with van der Waals surface area (Å²) in [5, 5.41) is 15.4. The van der Waals surface area contributed by atoms with E-state index in [-0.39, 0.29) is 6.61 Å². The zero-order valence-electron chi connectivity index (χ0n) is 19.9. The first-order valence-corrected chi connectivity index (χ1v) is 11.6. The lowest BCUT2D eigenvalue weighted by atomic mass is 10.1. The SMILES string of the molecule is C=CCOC[C@H](O)CN(Cc1c(-c2ccccc2)nn(C)c1Oc1cccc(OC)c1)C1CC1. The maximum atomic E-state index is 10.6. The van der Waals surface area contributed by atoms with Crippen LogP contribution >= 0.6 is 0 Å². The number of hydrogen-bond donors (Lipinski definition) is 1. The van der Waals surface area contributed by atoms with E-state index in [0.717, 1.165) is 35.4 Å². The first-order chi connectivity index (χ1) is 16.6. The van der Waals surface area contributed by atoms with E-state index in [0.29, 0.717) is 37.4 Å². The first kappa shape index (κ1) is 24.0. The molecule has 1 saturated carbocycles. The highest BCUT2D eigenvalue weighted by Crippen LogP contribution is 2.37. The molecule has 0 amide bonds. The Hall–Kier alpha value is -3.13. The molecule has 1 heterocycles. The number of nitrogens with zero attached hydrogens (tertiary/aromatic N) is 3. The average Bonchev–Trinajstić information content (AvgIpc) is 3.66. The van der Waals surface area contributed by atoms with Gasteiger partial charge in [-0.2, -0.15) is 5.10 Å². The number of rotatable bonds is 13. The van der Waals surface area contributed by atoms with Gasteiger partial charge in [-0.05, 0) is 25.0 Å². The first-order valence-electron chi connectivity index (χ1n) is 11.6. The van der Waals surface area contributed by atoms with Crippen LogP contribution in [0.1, 0.15) is 18.4 Å². The second-order valence-corrected chi connectivity index (χ2v) is 8.54. The van der Waals surface area contributed by atoms with Crippen molar-refractivity contribution in [3.05, 3.63) is 72.8 Å². The van der Waals surface area contributed by atoms with Crippen LogP contribution in [-0.4, -0.2) is 58.8 Å². The standard InChI is InChI=1S/C27H33N3O4/c1-4-15-33-19-22(31)17-30(21-13-14-21)18-25-26(20-9-6-5-7-10-20)28-29(2)27(25)34-24-12-8-11-23(16-24)32-3/h4-12,16,21-22,31H,1,13-15,17-19H2,2-3H3/t22-/m1/s1. The normalized spacial score (nSPS) is 14.2. The van der Waals surface area contributed by atoms with Crippen LogP contribution in [0.5, 0.6) is 17.4 Å². The summed E-state index contributed by atoms with van der Waals surface area (Å²) in [6.07, 6.45) is 3.34. The number of aryl methyl sites for hydroxylation is 1. The summed E-state index contributed by atoms with van der Waals surface area (Å²) in [4.78, 5) is 2.31. The highest BCUT2D eigenvalue weighted by molar-refractivity contribution is 5.65. The van der Waals surface area contributed by atoms with Crippen LogP contribution in [0.2, 0.25) is 0 Å². The van der Waals surface area contributed by atoms with E-state index in [1.54, 1.807) is 17.9 Å². The topological polar surface area (TPSA) is 69.0 Å². The Kier molecular flexibility index (Phi) is 8.00. The summed E-state index contributed by atoms with van der Waals surface area (Å²) in [6, 6.07) is 18.1. The molecule has 0 bridgehead atoms. The molecule has 0 aliphatic heterocycles. The van der Waals surface area contributed by atoms with E-state index in [4.69, 9.17) is 19.3 Å². The molecular formula is C27H33N3O4. The minimum absolute atomic E-state index is 0.279. The third-order valence-electron chi connectivity index (χ3n) is 5.81. The van der Waals surface area contributed by atoms with Crippen molar-refractivity contribution in [1.82, 2.24) is 14.7 Å². The lowest BCUT2D eigenvalue weighted by Gasteiger charge is -2.25. The number of benzene rings is 2. The molecule has 0 saturated heterocycles. The molecule has 2 aromatic carbocycles. The Morgan fingerprint density at radius 3 is 2.65 bits per heavy atom. The number of aliphatic hydroxyl groups is 1. The van der Waals surface area contributed by atoms with Crippen LogP contribution in [0.3, 0.4) is 0 Å². The van der Waals surface area contributed by atoms with Crippen molar-refractivity contribution in [2.75, 3.05) is 26.9 Å². The van der Waals surface area contributed by atoms with E-state index in [2.05, 4.69) is 23.6 Å². The van der Waals surface area contributed by atoms with Gasteiger partial charge in [-0.15, -0.1) is 6.58 Å². The predicted octanol–water partition coefficient (Wildman–Crippen LogP) is 4.42. The molecule has 7 heteroatoms. The summed E-state index contributed by atoms with van der Waals surface area (Å²) >= 11 is 0. The molecule has 180 valence electrons.